The molecule has 0 fully saturated rings. The van der Waals surface area contributed by atoms with Crippen molar-refractivity contribution in [3.8, 4) is 6.07 Å². The van der Waals surface area contributed by atoms with E-state index in [1.165, 1.54) is 5.56 Å². The lowest BCUT2D eigenvalue weighted by Crippen LogP contribution is -2.21. The van der Waals surface area contributed by atoms with Gasteiger partial charge in [0.25, 0.3) is 0 Å². The molecule has 0 amide bonds. The van der Waals surface area contributed by atoms with Gasteiger partial charge >= 0.3 is 0 Å². The van der Waals surface area contributed by atoms with Crippen LogP contribution in [0.2, 0.25) is 0 Å². The minimum absolute atomic E-state index is 0.379. The normalized spacial score (nSPS) is 12.0. The molecule has 2 nitrogen and oxygen atoms in total. The quantitative estimate of drug-likeness (QED) is 0.721. The van der Waals surface area contributed by atoms with Crippen LogP contribution in [-0.2, 0) is 0 Å². The van der Waals surface area contributed by atoms with Crippen molar-refractivity contribution < 1.29 is 0 Å². The molecule has 0 saturated heterocycles. The Labute approximate surface area is 85.6 Å². The molecule has 1 aromatic rings. The first-order valence-corrected chi connectivity index (χ1v) is 5.03. The molecule has 0 radical (unpaired) electrons. The molecule has 0 saturated carbocycles. The molecule has 0 aliphatic rings. The topological polar surface area (TPSA) is 35.8 Å². The van der Waals surface area contributed by atoms with Gasteiger partial charge in [0.2, 0.25) is 0 Å². The molecule has 14 heavy (non-hydrogen) atoms. The van der Waals surface area contributed by atoms with Gasteiger partial charge < -0.3 is 5.32 Å². The Bertz CT molecular complexity index is 287. The summed E-state index contributed by atoms with van der Waals surface area (Å²) < 4.78 is 0. The molecule has 0 aliphatic carbocycles. The maximum atomic E-state index is 8.43. The Morgan fingerprint density at radius 1 is 1.36 bits per heavy atom. The average Bonchev–Trinajstić information content (AvgIpc) is 2.26. The molecular weight excluding hydrogens is 172 g/mol. The first-order valence-electron chi connectivity index (χ1n) is 5.03. The third-order valence-corrected chi connectivity index (χ3v) is 2.24. The first kappa shape index (κ1) is 10.7. The van der Waals surface area contributed by atoms with Crippen molar-refractivity contribution >= 4 is 0 Å². The summed E-state index contributed by atoms with van der Waals surface area (Å²) in [4.78, 5) is 0. The van der Waals surface area contributed by atoms with Crippen molar-refractivity contribution in [2.45, 2.75) is 25.8 Å². The van der Waals surface area contributed by atoms with Crippen LogP contribution in [0.3, 0.4) is 0 Å². The van der Waals surface area contributed by atoms with Crippen LogP contribution in [0.15, 0.2) is 30.3 Å². The van der Waals surface area contributed by atoms with Gasteiger partial charge in [0.1, 0.15) is 0 Å². The fourth-order valence-corrected chi connectivity index (χ4v) is 1.49. The van der Waals surface area contributed by atoms with Gasteiger partial charge in [0.05, 0.1) is 6.07 Å². The molecule has 1 aromatic carbocycles. The zero-order valence-electron chi connectivity index (χ0n) is 8.53. The van der Waals surface area contributed by atoms with Crippen molar-refractivity contribution in [3.63, 3.8) is 0 Å². The van der Waals surface area contributed by atoms with Gasteiger partial charge in [-0.05, 0) is 12.0 Å². The van der Waals surface area contributed by atoms with E-state index < -0.39 is 0 Å². The van der Waals surface area contributed by atoms with Crippen molar-refractivity contribution in [1.29, 1.82) is 5.26 Å². The molecular formula is C12H16N2. The highest BCUT2D eigenvalue weighted by molar-refractivity contribution is 5.18. The largest absolute Gasteiger partial charge is 0.309 e. The molecule has 0 aliphatic heterocycles. The predicted octanol–water partition coefficient (Wildman–Crippen LogP) is 2.64. The molecule has 0 aromatic heterocycles. The summed E-state index contributed by atoms with van der Waals surface area (Å²) in [7, 11) is 0. The Balaban J connectivity index is 2.51. The summed E-state index contributed by atoms with van der Waals surface area (Å²) >= 11 is 0. The average molecular weight is 188 g/mol. The fourth-order valence-electron chi connectivity index (χ4n) is 1.49. The minimum atomic E-state index is 0.379. The van der Waals surface area contributed by atoms with E-state index in [9.17, 15) is 0 Å². The summed E-state index contributed by atoms with van der Waals surface area (Å²) in [6.07, 6.45) is 1.62. The Kier molecular flexibility index (Phi) is 4.74. The third kappa shape index (κ3) is 3.20. The minimum Gasteiger partial charge on any atom is -0.309 e. The van der Waals surface area contributed by atoms with Crippen molar-refractivity contribution in [2.75, 3.05) is 6.54 Å². The lowest BCUT2D eigenvalue weighted by atomic mass is 10.0. The zero-order chi connectivity index (χ0) is 10.2. The van der Waals surface area contributed by atoms with E-state index >= 15 is 0 Å². The van der Waals surface area contributed by atoms with Crippen LogP contribution in [0, 0.1) is 11.3 Å². The third-order valence-electron chi connectivity index (χ3n) is 2.24. The van der Waals surface area contributed by atoms with Gasteiger partial charge in [0, 0.05) is 19.0 Å². The molecule has 0 spiro atoms. The van der Waals surface area contributed by atoms with Gasteiger partial charge in [-0.2, -0.15) is 5.26 Å². The zero-order valence-corrected chi connectivity index (χ0v) is 8.53. The second-order valence-corrected chi connectivity index (χ2v) is 3.23. The molecule has 0 heterocycles. The van der Waals surface area contributed by atoms with E-state index in [0.29, 0.717) is 12.5 Å². The number of rotatable bonds is 5. The van der Waals surface area contributed by atoms with Crippen LogP contribution in [0.5, 0.6) is 0 Å². The van der Waals surface area contributed by atoms with Crippen LogP contribution in [-0.4, -0.2) is 6.54 Å². The number of nitrogens with zero attached hydrogens (tertiary/aromatic N) is 1. The summed E-state index contributed by atoms with van der Waals surface area (Å²) in [5.41, 5.74) is 1.30. The highest BCUT2D eigenvalue weighted by Gasteiger charge is 2.06. The van der Waals surface area contributed by atoms with Crippen LogP contribution in [0.4, 0.5) is 0 Å². The van der Waals surface area contributed by atoms with Gasteiger partial charge in [0.15, 0.2) is 0 Å². The second-order valence-electron chi connectivity index (χ2n) is 3.23. The SMILES string of the molecule is CCC(NCCC#N)c1ccccc1. The summed E-state index contributed by atoms with van der Waals surface area (Å²) in [6.45, 7) is 2.92. The fraction of sp³-hybridized carbons (Fsp3) is 0.417. The number of nitriles is 1. The van der Waals surface area contributed by atoms with E-state index in [1.54, 1.807) is 0 Å². The van der Waals surface area contributed by atoms with E-state index in [4.69, 9.17) is 5.26 Å². The number of hydrogen-bond acceptors (Lipinski definition) is 2. The molecule has 1 rings (SSSR count). The Morgan fingerprint density at radius 2 is 2.07 bits per heavy atom. The molecule has 1 atom stereocenters. The summed E-state index contributed by atoms with van der Waals surface area (Å²) in [5, 5.41) is 11.8. The maximum Gasteiger partial charge on any atom is 0.0635 e. The molecule has 74 valence electrons. The maximum absolute atomic E-state index is 8.43. The lowest BCUT2D eigenvalue weighted by molar-refractivity contribution is 0.527. The van der Waals surface area contributed by atoms with Crippen LogP contribution in [0.25, 0.3) is 0 Å². The van der Waals surface area contributed by atoms with Gasteiger partial charge in [-0.3, -0.25) is 0 Å². The lowest BCUT2D eigenvalue weighted by Gasteiger charge is -2.16. The molecule has 1 N–H and O–H groups in total. The van der Waals surface area contributed by atoms with E-state index in [2.05, 4.69) is 30.4 Å². The summed E-state index contributed by atoms with van der Waals surface area (Å²) in [5.74, 6) is 0. The highest BCUT2D eigenvalue weighted by atomic mass is 14.9. The van der Waals surface area contributed by atoms with Gasteiger partial charge in [-0.1, -0.05) is 37.3 Å². The first-order chi connectivity index (χ1) is 6.88. The smallest absolute Gasteiger partial charge is 0.0635 e. The monoisotopic (exact) mass is 188 g/mol. The van der Waals surface area contributed by atoms with Crippen LogP contribution >= 0.6 is 0 Å². The van der Waals surface area contributed by atoms with Crippen LogP contribution in [0.1, 0.15) is 31.4 Å². The Hall–Kier alpha value is -1.33. The van der Waals surface area contributed by atoms with E-state index in [0.717, 1.165) is 13.0 Å². The van der Waals surface area contributed by atoms with E-state index in [-0.39, 0.29) is 0 Å². The summed E-state index contributed by atoms with van der Waals surface area (Å²) in [6, 6.07) is 12.9. The van der Waals surface area contributed by atoms with Crippen molar-refractivity contribution in [1.82, 2.24) is 5.32 Å². The second kappa shape index (κ2) is 6.17. The van der Waals surface area contributed by atoms with Gasteiger partial charge in [-0.15, -0.1) is 0 Å². The number of hydrogen-bond donors (Lipinski definition) is 1. The molecule has 2 heteroatoms. The predicted molar refractivity (Wildman–Crippen MR) is 57.7 cm³/mol. The number of benzene rings is 1. The molecule has 1 unspecified atom stereocenters. The molecule has 0 bridgehead atoms. The van der Waals surface area contributed by atoms with Crippen molar-refractivity contribution in [3.05, 3.63) is 35.9 Å². The van der Waals surface area contributed by atoms with E-state index in [1.807, 2.05) is 18.2 Å². The van der Waals surface area contributed by atoms with Crippen LogP contribution < -0.4 is 5.32 Å². The van der Waals surface area contributed by atoms with Gasteiger partial charge in [-0.25, -0.2) is 0 Å². The highest BCUT2D eigenvalue weighted by Crippen LogP contribution is 2.15. The van der Waals surface area contributed by atoms with Crippen molar-refractivity contribution in [2.24, 2.45) is 0 Å². The number of nitrogens with one attached hydrogen (secondary N) is 1. The standard InChI is InChI=1S/C12H16N2/c1-2-12(14-10-6-9-13)11-7-4-3-5-8-11/h3-5,7-8,12,14H,2,6,10H2,1H3. The Morgan fingerprint density at radius 3 is 2.64 bits per heavy atom.